The van der Waals surface area contributed by atoms with Crippen LogP contribution in [0.3, 0.4) is 0 Å². The van der Waals surface area contributed by atoms with Crippen LogP contribution in [0.2, 0.25) is 20.1 Å². The van der Waals surface area contributed by atoms with Crippen molar-refractivity contribution in [2.45, 2.75) is 31.1 Å². The van der Waals surface area contributed by atoms with E-state index in [0.717, 1.165) is 39.2 Å². The Labute approximate surface area is 351 Å². The highest BCUT2D eigenvalue weighted by molar-refractivity contribution is 7.85. The number of nitrogens with zero attached hydrogens (tertiary/aromatic N) is 4. The Morgan fingerprint density at radius 2 is 1.11 bits per heavy atom. The fourth-order valence-corrected chi connectivity index (χ4v) is 8.62. The highest BCUT2D eigenvalue weighted by atomic mass is 35.5. The molecule has 286 valence electrons. The molecular weight excluding hydrogens is 818 g/mol. The number of aromatic nitrogens is 2. The number of benzene rings is 6. The average molecular weight is 853 g/mol. The maximum atomic E-state index is 12.5. The quantitative estimate of drug-likeness (QED) is 0.0957. The molecule has 1 aliphatic rings. The van der Waals surface area contributed by atoms with Crippen molar-refractivity contribution >= 4 is 85.0 Å². The van der Waals surface area contributed by atoms with Gasteiger partial charge in [-0.25, -0.2) is 17.6 Å². The van der Waals surface area contributed by atoms with Crippen molar-refractivity contribution < 1.29 is 17.5 Å². The summed E-state index contributed by atoms with van der Waals surface area (Å²) in [6.07, 6.45) is 6.01. The number of rotatable bonds is 11. The Morgan fingerprint density at radius 1 is 0.596 bits per heavy atom. The van der Waals surface area contributed by atoms with Gasteiger partial charge in [0, 0.05) is 24.8 Å². The Hall–Kier alpha value is -5.06. The molecule has 12 heteroatoms. The Balaban J connectivity index is 1.32. The molecule has 0 saturated carbocycles. The zero-order valence-electron chi connectivity index (χ0n) is 30.3. The number of imidazole rings is 1. The summed E-state index contributed by atoms with van der Waals surface area (Å²) in [5.41, 5.74) is 6.90. The zero-order chi connectivity index (χ0) is 39.7. The molecule has 0 aliphatic carbocycles. The third-order valence-corrected chi connectivity index (χ3v) is 12.3. The summed E-state index contributed by atoms with van der Waals surface area (Å²) in [6, 6.07) is 44.1. The first-order valence-corrected chi connectivity index (χ1v) is 21.0. The lowest BCUT2D eigenvalue weighted by atomic mass is 10.2. The minimum atomic E-state index is -4.78. The molecule has 1 aromatic heterocycles. The maximum Gasteiger partial charge on any atom is 0.282 e. The molecule has 0 amide bonds. The van der Waals surface area contributed by atoms with E-state index in [1.165, 1.54) is 6.07 Å². The molecule has 1 aliphatic heterocycles. The summed E-state index contributed by atoms with van der Waals surface area (Å²) in [5.74, 6) is 1.60. The van der Waals surface area contributed by atoms with Crippen LogP contribution in [0.25, 0.3) is 17.1 Å². The first kappa shape index (κ1) is 38.8. The molecule has 0 bridgehead atoms. The van der Waals surface area contributed by atoms with Crippen LogP contribution in [-0.2, 0) is 36.3 Å². The van der Waals surface area contributed by atoms with Crippen molar-refractivity contribution in [2.24, 2.45) is 0 Å². The molecule has 0 atom stereocenters. The van der Waals surface area contributed by atoms with E-state index in [0.29, 0.717) is 56.8 Å². The average Bonchev–Trinajstić information content (AvgIpc) is 3.61. The molecule has 0 fully saturated rings. The standard InChI is InChI=1S/C45H34Cl4N4O3S/c46-35-23-39-40(24-36(35)47)51(28-32-15-6-2-7-16-32)44(50(39)27-31-13-4-1-5-14-31)21-12-22-45-52(29-33-17-8-3-9-18-33)41-25-37(48)38(49)26-42(41)53(45)30-34-19-10-11-20-43(34)57(54,55)56/h1-26H,27-30H2. The van der Waals surface area contributed by atoms with Crippen LogP contribution in [0.1, 0.15) is 28.1 Å². The molecule has 0 spiro atoms. The summed E-state index contributed by atoms with van der Waals surface area (Å²) in [6.45, 7) is 1.64. The summed E-state index contributed by atoms with van der Waals surface area (Å²) in [5, 5.41) is 1.62. The van der Waals surface area contributed by atoms with E-state index in [-0.39, 0.29) is 11.4 Å². The predicted octanol–water partition coefficient (Wildman–Crippen LogP) is 11.1. The lowest BCUT2D eigenvalue weighted by Crippen LogP contribution is -2.37. The van der Waals surface area contributed by atoms with E-state index in [9.17, 15) is 13.0 Å². The fourth-order valence-electron chi connectivity index (χ4n) is 7.29. The third kappa shape index (κ3) is 8.21. The van der Waals surface area contributed by atoms with E-state index >= 15 is 0 Å². The summed E-state index contributed by atoms with van der Waals surface area (Å²) < 4.78 is 41.8. The number of allylic oxidation sites excluding steroid dienone is 2. The van der Waals surface area contributed by atoms with Gasteiger partial charge in [0.2, 0.25) is 0 Å². The molecule has 0 saturated heterocycles. The SMILES string of the molecule is O=S(=O)([O-])c1ccccc1CN1C(=CC=Cc2n(Cc3ccccc3)c3cc(Cl)c(Cl)cc3[n+]2Cc2ccccc2)N(Cc2ccccc2)c2cc(Cl)c(Cl)cc21. The third-order valence-electron chi connectivity index (χ3n) is 9.92. The Kier molecular flexibility index (Phi) is 11.2. The van der Waals surface area contributed by atoms with E-state index < -0.39 is 10.1 Å². The van der Waals surface area contributed by atoms with Gasteiger partial charge >= 0.3 is 0 Å². The van der Waals surface area contributed by atoms with Crippen molar-refractivity contribution in [2.75, 3.05) is 9.80 Å². The number of anilines is 2. The topological polar surface area (TPSA) is 72.5 Å². The smallest absolute Gasteiger partial charge is 0.282 e. The largest absolute Gasteiger partial charge is 0.744 e. The van der Waals surface area contributed by atoms with Crippen molar-refractivity contribution in [3.05, 3.63) is 206 Å². The van der Waals surface area contributed by atoms with Crippen LogP contribution < -0.4 is 14.4 Å². The Morgan fingerprint density at radius 3 is 1.72 bits per heavy atom. The molecule has 0 N–H and O–H groups in total. The number of fused-ring (bicyclic) bond motifs is 2. The fraction of sp³-hybridized carbons (Fsp3) is 0.0889. The van der Waals surface area contributed by atoms with Gasteiger partial charge in [-0.2, -0.15) is 0 Å². The first-order chi connectivity index (χ1) is 27.5. The summed E-state index contributed by atoms with van der Waals surface area (Å²) in [7, 11) is -4.78. The van der Waals surface area contributed by atoms with Gasteiger partial charge < -0.3 is 14.4 Å². The van der Waals surface area contributed by atoms with Gasteiger partial charge in [0.1, 0.15) is 29.0 Å². The molecular formula is C45H34Cl4N4O3S. The summed E-state index contributed by atoms with van der Waals surface area (Å²) in [4.78, 5) is 3.79. The van der Waals surface area contributed by atoms with Crippen molar-refractivity contribution in [3.63, 3.8) is 0 Å². The second kappa shape index (κ2) is 16.4. The van der Waals surface area contributed by atoms with Crippen LogP contribution in [0, 0.1) is 0 Å². The maximum absolute atomic E-state index is 12.5. The molecule has 0 unspecified atom stereocenters. The van der Waals surface area contributed by atoms with Gasteiger partial charge in [-0.3, -0.25) is 0 Å². The Bertz CT molecular complexity index is 2690. The first-order valence-electron chi connectivity index (χ1n) is 18.0. The van der Waals surface area contributed by atoms with Crippen LogP contribution in [-0.4, -0.2) is 17.5 Å². The lowest BCUT2D eigenvalue weighted by Gasteiger charge is -2.26. The molecule has 8 rings (SSSR count). The number of halogens is 4. The van der Waals surface area contributed by atoms with Crippen molar-refractivity contribution in [1.82, 2.24) is 4.57 Å². The molecule has 57 heavy (non-hydrogen) atoms. The summed E-state index contributed by atoms with van der Waals surface area (Å²) >= 11 is 26.7. The van der Waals surface area contributed by atoms with Gasteiger partial charge in [0.05, 0.1) is 42.9 Å². The highest BCUT2D eigenvalue weighted by Gasteiger charge is 2.33. The minimum absolute atomic E-state index is 0.0623. The molecule has 0 radical (unpaired) electrons. The molecule has 6 aromatic carbocycles. The van der Waals surface area contributed by atoms with Crippen LogP contribution in [0.4, 0.5) is 11.4 Å². The van der Waals surface area contributed by atoms with Crippen LogP contribution in [0.5, 0.6) is 0 Å². The normalized spacial score (nSPS) is 13.7. The van der Waals surface area contributed by atoms with E-state index in [4.69, 9.17) is 46.4 Å². The van der Waals surface area contributed by atoms with E-state index in [2.05, 4.69) is 44.4 Å². The zero-order valence-corrected chi connectivity index (χ0v) is 34.1. The molecule has 7 aromatic rings. The van der Waals surface area contributed by atoms with Crippen molar-refractivity contribution in [1.29, 1.82) is 0 Å². The highest BCUT2D eigenvalue weighted by Crippen LogP contribution is 2.47. The van der Waals surface area contributed by atoms with Gasteiger partial charge in [0.15, 0.2) is 11.0 Å². The predicted molar refractivity (Wildman–Crippen MR) is 230 cm³/mol. The molecule has 2 heterocycles. The van der Waals surface area contributed by atoms with Crippen LogP contribution in [0.15, 0.2) is 162 Å². The van der Waals surface area contributed by atoms with Gasteiger partial charge in [-0.05, 0) is 46.5 Å². The van der Waals surface area contributed by atoms with Crippen molar-refractivity contribution in [3.8, 4) is 0 Å². The van der Waals surface area contributed by atoms with Gasteiger partial charge in [0.25, 0.3) is 5.82 Å². The van der Waals surface area contributed by atoms with Crippen LogP contribution >= 0.6 is 46.4 Å². The van der Waals surface area contributed by atoms with E-state index in [1.54, 1.807) is 24.3 Å². The number of hydrogen-bond acceptors (Lipinski definition) is 5. The minimum Gasteiger partial charge on any atom is -0.744 e. The number of hydrogen-bond donors (Lipinski definition) is 0. The lowest BCUT2D eigenvalue weighted by molar-refractivity contribution is -0.665. The van der Waals surface area contributed by atoms with Gasteiger partial charge in [-0.15, -0.1) is 0 Å². The second-order valence-electron chi connectivity index (χ2n) is 13.6. The molecule has 7 nitrogen and oxygen atoms in total. The van der Waals surface area contributed by atoms with E-state index in [1.807, 2.05) is 102 Å². The van der Waals surface area contributed by atoms with Gasteiger partial charge in [-0.1, -0.05) is 162 Å². The monoisotopic (exact) mass is 850 g/mol. The second-order valence-corrected chi connectivity index (χ2v) is 16.6.